The fourth-order valence-corrected chi connectivity index (χ4v) is 4.48. The zero-order valence-corrected chi connectivity index (χ0v) is 13.3. The molecule has 0 radical (unpaired) electrons. The number of hydrogen-bond donors (Lipinski definition) is 0. The monoisotopic (exact) mass is 318 g/mol. The predicted molar refractivity (Wildman–Crippen MR) is 89.7 cm³/mol. The number of aliphatic imine (C=N–C) groups is 1. The Morgan fingerprint density at radius 2 is 2.33 bits per heavy atom. The number of nitrogens with zero attached hydrogens (tertiary/aromatic N) is 2. The number of amidine groups is 1. The maximum absolute atomic E-state index is 6.41. The summed E-state index contributed by atoms with van der Waals surface area (Å²) in [5.74, 6) is 0. The number of hydrogen-bond acceptors (Lipinski definition) is 4. The van der Waals surface area contributed by atoms with Crippen LogP contribution in [-0.2, 0) is 0 Å². The third kappa shape index (κ3) is 2.09. The second-order valence-electron chi connectivity index (χ2n) is 5.23. The Balaban J connectivity index is 1.87. The summed E-state index contributed by atoms with van der Waals surface area (Å²) in [6.45, 7) is 4.04. The molecule has 0 unspecified atom stereocenters. The van der Waals surface area contributed by atoms with Crippen LogP contribution in [0.25, 0.3) is 16.7 Å². The van der Waals surface area contributed by atoms with Crippen LogP contribution >= 0.6 is 23.4 Å². The maximum atomic E-state index is 6.41. The van der Waals surface area contributed by atoms with Gasteiger partial charge in [0.15, 0.2) is 5.17 Å². The molecule has 0 N–H and O–H groups in total. The van der Waals surface area contributed by atoms with E-state index in [1.807, 2.05) is 12.1 Å². The second-order valence-corrected chi connectivity index (χ2v) is 6.70. The van der Waals surface area contributed by atoms with Crippen molar-refractivity contribution >= 4 is 45.2 Å². The van der Waals surface area contributed by atoms with Gasteiger partial charge < -0.3 is 9.32 Å². The molecule has 108 valence electrons. The zero-order chi connectivity index (χ0) is 14.4. The van der Waals surface area contributed by atoms with E-state index in [1.165, 1.54) is 10.6 Å². The largest absolute Gasteiger partial charge is 0.464 e. The van der Waals surface area contributed by atoms with Crippen LogP contribution in [0.15, 0.2) is 38.8 Å². The lowest BCUT2D eigenvalue weighted by atomic mass is 10.1. The minimum absolute atomic E-state index is 0.745. The van der Waals surface area contributed by atoms with Gasteiger partial charge in [-0.2, -0.15) is 0 Å². The smallest absolute Gasteiger partial charge is 0.168 e. The van der Waals surface area contributed by atoms with Crippen molar-refractivity contribution in [1.82, 2.24) is 4.90 Å². The number of furan rings is 1. The van der Waals surface area contributed by atoms with Gasteiger partial charge >= 0.3 is 0 Å². The van der Waals surface area contributed by atoms with Crippen molar-refractivity contribution < 1.29 is 4.42 Å². The molecule has 0 saturated carbocycles. The van der Waals surface area contributed by atoms with Gasteiger partial charge in [0, 0.05) is 22.4 Å². The van der Waals surface area contributed by atoms with Crippen molar-refractivity contribution in [1.29, 1.82) is 0 Å². The topological polar surface area (TPSA) is 28.7 Å². The first-order valence-corrected chi connectivity index (χ1v) is 8.37. The maximum Gasteiger partial charge on any atom is 0.168 e. The van der Waals surface area contributed by atoms with Crippen molar-refractivity contribution in [3.8, 4) is 0 Å². The summed E-state index contributed by atoms with van der Waals surface area (Å²) in [6.07, 6.45) is 3.89. The van der Waals surface area contributed by atoms with Gasteiger partial charge in [0.25, 0.3) is 0 Å². The Morgan fingerprint density at radius 1 is 1.43 bits per heavy atom. The molecule has 0 spiro atoms. The lowest BCUT2D eigenvalue weighted by Crippen LogP contribution is -2.20. The van der Waals surface area contributed by atoms with Gasteiger partial charge in [0.1, 0.15) is 5.58 Å². The molecule has 0 saturated heterocycles. The molecule has 1 aromatic heterocycles. The predicted octanol–water partition coefficient (Wildman–Crippen LogP) is 4.97. The number of rotatable bonds is 3. The molecular weight excluding hydrogens is 304 g/mol. The molecule has 2 aromatic rings. The second kappa shape index (κ2) is 5.11. The Labute approximate surface area is 132 Å². The number of allylic oxidation sites excluding steroid dienone is 1. The number of benzene rings is 1. The van der Waals surface area contributed by atoms with Crippen LogP contribution in [0.2, 0.25) is 5.02 Å². The first-order valence-electron chi connectivity index (χ1n) is 7.18. The van der Waals surface area contributed by atoms with Gasteiger partial charge in [-0.05, 0) is 24.6 Å². The van der Waals surface area contributed by atoms with Crippen molar-refractivity contribution in [2.24, 2.45) is 4.99 Å². The van der Waals surface area contributed by atoms with Crippen molar-refractivity contribution in [2.75, 3.05) is 13.1 Å². The standard InChI is InChI=1S/C16H15ClN2OS/c1-2-3-14-15(19-6-5-18-16(19)21-14)10-8-12(17)11-4-7-20-13(11)9-10/h4,7-9H,2-3,5-6H2,1H3. The van der Waals surface area contributed by atoms with E-state index in [0.29, 0.717) is 0 Å². The molecule has 21 heavy (non-hydrogen) atoms. The van der Waals surface area contributed by atoms with E-state index in [0.717, 1.165) is 52.7 Å². The molecule has 2 aliphatic heterocycles. The van der Waals surface area contributed by atoms with Gasteiger partial charge in [0.2, 0.25) is 0 Å². The average Bonchev–Trinajstić information content (AvgIpc) is 3.13. The van der Waals surface area contributed by atoms with E-state index in [4.69, 9.17) is 16.0 Å². The SMILES string of the molecule is CCCC1=C(c2cc(Cl)c3ccoc3c2)N2CCN=C2S1. The molecule has 0 fully saturated rings. The highest BCUT2D eigenvalue weighted by Gasteiger charge is 2.32. The summed E-state index contributed by atoms with van der Waals surface area (Å²) >= 11 is 8.22. The number of fused-ring (bicyclic) bond motifs is 2. The summed E-state index contributed by atoms with van der Waals surface area (Å²) in [6, 6.07) is 6.05. The lowest BCUT2D eigenvalue weighted by molar-refractivity contribution is 0.614. The summed E-state index contributed by atoms with van der Waals surface area (Å²) in [5, 5.41) is 2.84. The van der Waals surface area contributed by atoms with Gasteiger partial charge in [0.05, 0.1) is 23.5 Å². The molecule has 3 heterocycles. The first kappa shape index (κ1) is 13.3. The fourth-order valence-electron chi connectivity index (χ4n) is 2.91. The minimum Gasteiger partial charge on any atom is -0.464 e. The average molecular weight is 319 g/mol. The molecule has 0 bridgehead atoms. The zero-order valence-electron chi connectivity index (χ0n) is 11.7. The third-order valence-corrected chi connectivity index (χ3v) is 5.31. The quantitative estimate of drug-likeness (QED) is 0.799. The minimum atomic E-state index is 0.745. The van der Waals surface area contributed by atoms with Crippen LogP contribution in [0.1, 0.15) is 25.3 Å². The van der Waals surface area contributed by atoms with Gasteiger partial charge in [-0.3, -0.25) is 4.99 Å². The Morgan fingerprint density at radius 3 is 3.19 bits per heavy atom. The van der Waals surface area contributed by atoms with Crippen LogP contribution in [0, 0.1) is 0 Å². The van der Waals surface area contributed by atoms with E-state index in [9.17, 15) is 0 Å². The lowest BCUT2D eigenvalue weighted by Gasteiger charge is -2.17. The molecule has 5 heteroatoms. The highest BCUT2D eigenvalue weighted by Crippen LogP contribution is 2.44. The van der Waals surface area contributed by atoms with E-state index >= 15 is 0 Å². The van der Waals surface area contributed by atoms with Gasteiger partial charge in [-0.25, -0.2) is 0 Å². The van der Waals surface area contributed by atoms with E-state index in [1.54, 1.807) is 18.0 Å². The Bertz CT molecular complexity index is 778. The molecule has 4 rings (SSSR count). The van der Waals surface area contributed by atoms with Crippen molar-refractivity contribution in [2.45, 2.75) is 19.8 Å². The molecule has 2 aliphatic rings. The first-order chi connectivity index (χ1) is 10.3. The van der Waals surface area contributed by atoms with Gasteiger partial charge in [-0.15, -0.1) is 0 Å². The Hall–Kier alpha value is -1.39. The van der Waals surface area contributed by atoms with E-state index < -0.39 is 0 Å². The number of halogens is 1. The molecule has 0 amide bonds. The molecule has 0 aliphatic carbocycles. The van der Waals surface area contributed by atoms with Crippen molar-refractivity contribution in [3.05, 3.63) is 40.0 Å². The van der Waals surface area contributed by atoms with Crippen molar-refractivity contribution in [3.63, 3.8) is 0 Å². The highest BCUT2D eigenvalue weighted by atomic mass is 35.5. The summed E-state index contributed by atoms with van der Waals surface area (Å²) in [5.41, 5.74) is 3.24. The molecule has 0 atom stereocenters. The molecular formula is C16H15ClN2OS. The summed E-state index contributed by atoms with van der Waals surface area (Å²) in [4.78, 5) is 8.29. The van der Waals surface area contributed by atoms with E-state index in [2.05, 4.69) is 22.9 Å². The summed E-state index contributed by atoms with van der Waals surface area (Å²) in [7, 11) is 0. The molecule has 3 nitrogen and oxygen atoms in total. The Kier molecular flexibility index (Phi) is 3.23. The van der Waals surface area contributed by atoms with Crippen LogP contribution < -0.4 is 0 Å². The normalized spacial score (nSPS) is 17.8. The van der Waals surface area contributed by atoms with Gasteiger partial charge in [-0.1, -0.05) is 36.7 Å². The number of thioether (sulfide) groups is 1. The molecule has 1 aromatic carbocycles. The fraction of sp³-hybridized carbons (Fsp3) is 0.312. The van der Waals surface area contributed by atoms with E-state index in [-0.39, 0.29) is 0 Å². The van der Waals surface area contributed by atoms with Crippen LogP contribution in [0.4, 0.5) is 0 Å². The summed E-state index contributed by atoms with van der Waals surface area (Å²) < 4.78 is 5.54. The highest BCUT2D eigenvalue weighted by molar-refractivity contribution is 8.17. The van der Waals surface area contributed by atoms with Crippen LogP contribution in [-0.4, -0.2) is 23.2 Å². The van der Waals surface area contributed by atoms with Crippen LogP contribution in [0.5, 0.6) is 0 Å². The third-order valence-electron chi connectivity index (χ3n) is 3.82. The van der Waals surface area contributed by atoms with Crippen LogP contribution in [0.3, 0.4) is 0 Å².